The second-order valence-corrected chi connectivity index (χ2v) is 27.0. The van der Waals surface area contributed by atoms with Gasteiger partial charge >= 0.3 is 0 Å². The molecule has 0 saturated carbocycles. The summed E-state index contributed by atoms with van der Waals surface area (Å²) in [5, 5.41) is 1.22. The average Bonchev–Trinajstić information content (AvgIpc) is 3.51. The van der Waals surface area contributed by atoms with E-state index in [2.05, 4.69) is 235 Å². The maximum absolute atomic E-state index is 7.46. The van der Waals surface area contributed by atoms with E-state index in [4.69, 9.17) is 4.42 Å². The zero-order valence-electron chi connectivity index (χ0n) is 45.1. The Morgan fingerprint density at radius 1 is 0.815 bits per heavy atom. The van der Waals surface area contributed by atoms with Gasteiger partial charge in [0.05, 0.1) is 18.1 Å². The van der Waals surface area contributed by atoms with E-state index in [0.717, 1.165) is 43.6 Å². The van der Waals surface area contributed by atoms with Crippen molar-refractivity contribution in [2.24, 2.45) is 33.0 Å². The lowest BCUT2D eigenvalue weighted by atomic mass is 9.62. The van der Waals surface area contributed by atoms with Gasteiger partial charge in [0.1, 0.15) is 5.58 Å². The van der Waals surface area contributed by atoms with Crippen molar-refractivity contribution in [3.8, 4) is 0 Å². The number of fused-ring (bicyclic) bond motifs is 5. The van der Waals surface area contributed by atoms with Gasteiger partial charge < -0.3 is 14.2 Å². The summed E-state index contributed by atoms with van der Waals surface area (Å²) in [5.74, 6) is 3.73. The average molecular weight is 878 g/mol. The largest absolute Gasteiger partial charge is 0.441 e. The molecule has 2 heterocycles. The Kier molecular flexibility index (Phi) is 13.9. The molecule has 4 heteroatoms. The van der Waals surface area contributed by atoms with Crippen LogP contribution in [0, 0.1) is 33.0 Å². The number of hydrogen-bond donors (Lipinski definition) is 0. The van der Waals surface area contributed by atoms with Gasteiger partial charge in [0.2, 0.25) is 0 Å². The van der Waals surface area contributed by atoms with Crippen molar-refractivity contribution in [2.45, 2.75) is 206 Å². The summed E-state index contributed by atoms with van der Waals surface area (Å²) >= 11 is 0. The third-order valence-electron chi connectivity index (χ3n) is 14.8. The summed E-state index contributed by atoms with van der Waals surface area (Å²) in [5.41, 5.74) is 12.2. The first kappa shape index (κ1) is 50.8. The van der Waals surface area contributed by atoms with Crippen molar-refractivity contribution in [1.82, 2.24) is 4.90 Å². The smallest absolute Gasteiger partial charge is 0.191 e. The van der Waals surface area contributed by atoms with E-state index < -0.39 is 0 Å². The maximum Gasteiger partial charge on any atom is 0.191 e. The van der Waals surface area contributed by atoms with Crippen LogP contribution in [-0.4, -0.2) is 30.3 Å². The highest BCUT2D eigenvalue weighted by Crippen LogP contribution is 2.49. The van der Waals surface area contributed by atoms with E-state index in [0.29, 0.717) is 0 Å². The minimum absolute atomic E-state index is 0.0134. The van der Waals surface area contributed by atoms with Crippen LogP contribution < -0.4 is 10.4 Å². The summed E-state index contributed by atoms with van der Waals surface area (Å²) in [6.45, 7) is 51.9. The van der Waals surface area contributed by atoms with Gasteiger partial charge in [0.15, 0.2) is 13.2 Å². The molecule has 0 spiro atoms. The molecule has 4 aliphatic rings. The highest BCUT2D eigenvalue weighted by molar-refractivity contribution is 6.63. The molecule has 1 aromatic heterocycles. The van der Waals surface area contributed by atoms with Crippen LogP contribution in [0.4, 0.5) is 5.88 Å². The lowest BCUT2D eigenvalue weighted by Crippen LogP contribution is -2.47. The van der Waals surface area contributed by atoms with Gasteiger partial charge in [-0.2, -0.15) is 0 Å². The Labute approximate surface area is 399 Å². The van der Waals surface area contributed by atoms with Gasteiger partial charge in [-0.3, -0.25) is 0 Å². The van der Waals surface area contributed by atoms with Crippen LogP contribution in [0.15, 0.2) is 112 Å². The summed E-state index contributed by atoms with van der Waals surface area (Å²) in [7, 11) is 2.45. The van der Waals surface area contributed by atoms with Crippen LogP contribution >= 0.6 is 0 Å². The monoisotopic (exact) mass is 878 g/mol. The van der Waals surface area contributed by atoms with Crippen LogP contribution in [0.3, 0.4) is 0 Å². The fourth-order valence-electron chi connectivity index (χ4n) is 10.4. The molecule has 6 rings (SSSR count). The molecule has 1 aromatic carbocycles. The third-order valence-corrected chi connectivity index (χ3v) is 14.8. The molecule has 353 valence electrons. The molecule has 0 saturated heterocycles. The predicted molar refractivity (Wildman–Crippen MR) is 286 cm³/mol. The molecule has 1 aliphatic heterocycles. The molecular formula is C61H90BN2O. The van der Waals surface area contributed by atoms with Crippen molar-refractivity contribution in [2.75, 3.05) is 4.90 Å². The molecular weight excluding hydrogens is 787 g/mol. The highest BCUT2D eigenvalue weighted by atomic mass is 16.4. The molecule has 4 atom stereocenters. The van der Waals surface area contributed by atoms with Crippen molar-refractivity contribution in [3.05, 3.63) is 119 Å². The van der Waals surface area contributed by atoms with E-state index in [1.807, 2.05) is 0 Å². The molecule has 1 radical (unpaired) electrons. The van der Waals surface area contributed by atoms with E-state index in [9.17, 15) is 0 Å². The molecule has 2 aromatic rings. The second kappa shape index (κ2) is 17.8. The Morgan fingerprint density at radius 2 is 1.40 bits per heavy atom. The fourth-order valence-corrected chi connectivity index (χ4v) is 10.4. The highest BCUT2D eigenvalue weighted by Gasteiger charge is 2.41. The number of rotatable bonds is 8. The van der Waals surface area contributed by atoms with Crippen molar-refractivity contribution in [3.63, 3.8) is 0 Å². The Morgan fingerprint density at radius 3 is 1.97 bits per heavy atom. The lowest BCUT2D eigenvalue weighted by molar-refractivity contribution is 0.292. The number of allylic oxidation sites excluding steroid dienone is 7. The van der Waals surface area contributed by atoms with Crippen LogP contribution in [0.5, 0.6) is 0 Å². The number of furan rings is 1. The standard InChI is InChI=1S/C61H90BN2O/c1-40-34-47(58(12,13)14)48(59(15,16)17)37-51(40)63-43-24-22-25-44(35-43)64(42(29-31-56(6,7)8)26-23-30-55(3,4)5)54-53(62-39-45(63)28-27-41(2)57(9,10)11)46-36-49-50(38-52(46)65-54)61(20,21)33-32-60(49,18)19/h22-24,29-31,34-40,42,44,51H,2,25-28,32-33H2,1,3-21H3/b30-23+,31-29+,45-39-. The van der Waals surface area contributed by atoms with E-state index in [1.54, 1.807) is 0 Å². The van der Waals surface area contributed by atoms with Gasteiger partial charge in [-0.05, 0) is 134 Å². The molecule has 4 unspecified atom stereocenters. The number of anilines is 1. The van der Waals surface area contributed by atoms with Crippen molar-refractivity contribution < 1.29 is 4.42 Å². The SMILES string of the molecule is C=C(CC/C1=C/[B]c2c(oc3cc4c(cc23)C(C)(C)CCC4(C)C)N(C(/C=C/C(C)(C)C)C/C=C/C(C)(C)C)C2C=C(C=CC2)N1C1C=C(C(C)(C)C)C(C(C)(C)C)=CC1C)C(C)(C)C. The van der Waals surface area contributed by atoms with Crippen LogP contribution in [0.1, 0.15) is 188 Å². The van der Waals surface area contributed by atoms with Crippen LogP contribution in [0.2, 0.25) is 0 Å². The van der Waals surface area contributed by atoms with Crippen LogP contribution in [-0.2, 0) is 10.8 Å². The quantitative estimate of drug-likeness (QED) is 0.195. The number of nitrogens with zero attached hydrogens (tertiary/aromatic N) is 2. The molecule has 0 fully saturated rings. The van der Waals surface area contributed by atoms with E-state index in [1.165, 1.54) is 56.5 Å². The van der Waals surface area contributed by atoms with E-state index in [-0.39, 0.29) is 61.9 Å². The molecule has 0 N–H and O–H groups in total. The summed E-state index contributed by atoms with van der Waals surface area (Å²) in [4.78, 5) is 5.40. The molecule has 65 heavy (non-hydrogen) atoms. The Hall–Kier alpha value is -3.66. The Bertz CT molecular complexity index is 2330. The van der Waals surface area contributed by atoms with Gasteiger partial charge in [-0.15, -0.1) is 0 Å². The molecule has 0 amide bonds. The normalized spacial score (nSPS) is 24.2. The summed E-state index contributed by atoms with van der Waals surface area (Å²) < 4.78 is 7.46. The zero-order chi connectivity index (χ0) is 48.5. The topological polar surface area (TPSA) is 19.6 Å². The predicted octanol–water partition coefficient (Wildman–Crippen LogP) is 16.6. The maximum atomic E-state index is 7.46. The van der Waals surface area contributed by atoms with Gasteiger partial charge in [0.25, 0.3) is 0 Å². The first-order valence-electron chi connectivity index (χ1n) is 25.3. The van der Waals surface area contributed by atoms with E-state index >= 15 is 0 Å². The lowest BCUT2D eigenvalue weighted by Gasteiger charge is -2.46. The minimum atomic E-state index is -0.0134. The number of hydrogen-bond acceptors (Lipinski definition) is 3. The summed E-state index contributed by atoms with van der Waals surface area (Å²) in [6, 6.07) is 5.20. The molecule has 2 bridgehead atoms. The first-order chi connectivity index (χ1) is 29.7. The second-order valence-electron chi connectivity index (χ2n) is 27.0. The van der Waals surface area contributed by atoms with Gasteiger partial charge in [-0.25, -0.2) is 0 Å². The summed E-state index contributed by atoms with van der Waals surface area (Å²) in [6.07, 6.45) is 28.3. The van der Waals surface area contributed by atoms with Crippen LogP contribution in [0.25, 0.3) is 11.0 Å². The fraction of sp³-hybridized carbons (Fsp3) is 0.607. The minimum Gasteiger partial charge on any atom is -0.441 e. The van der Waals surface area contributed by atoms with Crippen molar-refractivity contribution in [1.29, 1.82) is 0 Å². The first-order valence-corrected chi connectivity index (χ1v) is 25.3. The van der Waals surface area contributed by atoms with Gasteiger partial charge in [-0.1, -0.05) is 199 Å². The molecule has 3 aliphatic carbocycles. The van der Waals surface area contributed by atoms with Gasteiger partial charge in [0, 0.05) is 16.8 Å². The van der Waals surface area contributed by atoms with Crippen molar-refractivity contribution >= 4 is 29.6 Å². The Balaban J connectivity index is 1.69. The number of benzene rings is 1. The third kappa shape index (κ3) is 11.4. The zero-order valence-corrected chi connectivity index (χ0v) is 45.1. The molecule has 3 nitrogen and oxygen atoms in total.